The fourth-order valence-corrected chi connectivity index (χ4v) is 0.645. The van der Waals surface area contributed by atoms with Crippen LogP contribution in [0, 0.1) is 0 Å². The van der Waals surface area contributed by atoms with Crippen molar-refractivity contribution in [2.45, 2.75) is 18.9 Å². The van der Waals surface area contributed by atoms with E-state index in [1.54, 1.807) is 0 Å². The first kappa shape index (κ1) is 11.6. The van der Waals surface area contributed by atoms with Crippen LogP contribution < -0.4 is 5.73 Å². The molecule has 1 atom stereocenters. The van der Waals surface area contributed by atoms with E-state index < -0.39 is 18.0 Å². The zero-order valence-corrected chi connectivity index (χ0v) is 7.23. The zero-order chi connectivity index (χ0) is 10.3. The van der Waals surface area contributed by atoms with Gasteiger partial charge in [-0.2, -0.15) is 0 Å². The van der Waals surface area contributed by atoms with Crippen molar-refractivity contribution in [1.29, 1.82) is 0 Å². The van der Waals surface area contributed by atoms with Crippen LogP contribution >= 0.6 is 0 Å². The fraction of sp³-hybridized carbons (Fsp3) is 0.500. The van der Waals surface area contributed by atoms with Gasteiger partial charge in [-0.1, -0.05) is 12.7 Å². The predicted octanol–water partition coefficient (Wildman–Crippen LogP) is -0.0923. The molecule has 0 bridgehead atoms. The first-order valence-electron chi connectivity index (χ1n) is 3.82. The molecule has 0 rings (SSSR count). The quantitative estimate of drug-likeness (QED) is 0.448. The summed E-state index contributed by atoms with van der Waals surface area (Å²) < 4.78 is 4.61. The number of aliphatic carboxylic acids is 1. The first-order valence-corrected chi connectivity index (χ1v) is 3.82. The van der Waals surface area contributed by atoms with Crippen molar-refractivity contribution in [1.82, 2.24) is 0 Å². The normalized spacial score (nSPS) is 11.8. The van der Waals surface area contributed by atoms with Crippen molar-refractivity contribution >= 4 is 11.9 Å². The minimum atomic E-state index is -0.980. The molecule has 0 aromatic rings. The molecule has 74 valence electrons. The highest BCUT2D eigenvalue weighted by Crippen LogP contribution is 1.97. The summed E-state index contributed by atoms with van der Waals surface area (Å²) in [6.07, 6.45) is 1.37. The summed E-state index contributed by atoms with van der Waals surface area (Å²) in [7, 11) is 0. The van der Waals surface area contributed by atoms with Gasteiger partial charge in [0.25, 0.3) is 0 Å². The van der Waals surface area contributed by atoms with Gasteiger partial charge in [0.1, 0.15) is 12.6 Å². The Morgan fingerprint density at radius 2 is 2.23 bits per heavy atom. The Morgan fingerprint density at radius 3 is 2.69 bits per heavy atom. The SMILES string of the molecule is C=CCOC(=O)[C@@H](N)CCC(=O)O. The highest BCUT2D eigenvalue weighted by molar-refractivity contribution is 5.76. The summed E-state index contributed by atoms with van der Waals surface area (Å²) >= 11 is 0. The molecule has 0 fully saturated rings. The van der Waals surface area contributed by atoms with Crippen LogP contribution in [0.3, 0.4) is 0 Å². The molecule has 0 saturated carbocycles. The van der Waals surface area contributed by atoms with Crippen molar-refractivity contribution in [2.75, 3.05) is 6.61 Å². The number of nitrogens with two attached hydrogens (primary N) is 1. The minimum absolute atomic E-state index is 0.0886. The van der Waals surface area contributed by atoms with Crippen LogP contribution in [0.5, 0.6) is 0 Å². The van der Waals surface area contributed by atoms with Gasteiger partial charge in [0.05, 0.1) is 0 Å². The van der Waals surface area contributed by atoms with Gasteiger partial charge in [-0.05, 0) is 6.42 Å². The monoisotopic (exact) mass is 187 g/mol. The van der Waals surface area contributed by atoms with Crippen LogP contribution in [-0.2, 0) is 14.3 Å². The molecule has 0 aromatic carbocycles. The second kappa shape index (κ2) is 6.19. The molecule has 0 aliphatic heterocycles. The predicted molar refractivity (Wildman–Crippen MR) is 46.0 cm³/mol. The van der Waals surface area contributed by atoms with Gasteiger partial charge in [0.15, 0.2) is 0 Å². The van der Waals surface area contributed by atoms with Gasteiger partial charge in [0.2, 0.25) is 0 Å². The molecular formula is C8H13NO4. The Kier molecular flexibility index (Phi) is 5.54. The van der Waals surface area contributed by atoms with E-state index in [0.717, 1.165) is 0 Å². The summed E-state index contributed by atoms with van der Waals surface area (Å²) in [6.45, 7) is 3.45. The van der Waals surface area contributed by atoms with Crippen molar-refractivity contribution in [3.05, 3.63) is 12.7 Å². The van der Waals surface area contributed by atoms with Crippen LogP contribution in [0.2, 0.25) is 0 Å². The van der Waals surface area contributed by atoms with Gasteiger partial charge in [-0.15, -0.1) is 0 Å². The molecule has 5 nitrogen and oxygen atoms in total. The molecule has 5 heteroatoms. The number of esters is 1. The Balaban J connectivity index is 3.68. The topological polar surface area (TPSA) is 89.6 Å². The first-order chi connectivity index (χ1) is 6.07. The van der Waals surface area contributed by atoms with E-state index in [-0.39, 0.29) is 19.4 Å². The van der Waals surface area contributed by atoms with Crippen LogP contribution in [0.4, 0.5) is 0 Å². The third-order valence-corrected chi connectivity index (χ3v) is 1.32. The smallest absolute Gasteiger partial charge is 0.323 e. The standard InChI is InChI=1S/C8H13NO4/c1-2-5-13-8(12)6(9)3-4-7(10)11/h2,6H,1,3-5,9H2,(H,10,11)/t6-/m0/s1. The van der Waals surface area contributed by atoms with Crippen LogP contribution in [0.25, 0.3) is 0 Å². The summed E-state index contributed by atoms with van der Waals surface area (Å²) in [4.78, 5) is 21.0. The lowest BCUT2D eigenvalue weighted by molar-refractivity contribution is -0.144. The van der Waals surface area contributed by atoms with Crippen LogP contribution in [0.15, 0.2) is 12.7 Å². The molecule has 0 unspecified atom stereocenters. The number of carbonyl (C=O) groups excluding carboxylic acids is 1. The number of carboxylic acid groups (broad SMARTS) is 1. The number of ether oxygens (including phenoxy) is 1. The molecule has 0 radical (unpaired) electrons. The average molecular weight is 187 g/mol. The number of hydrogen-bond donors (Lipinski definition) is 2. The third-order valence-electron chi connectivity index (χ3n) is 1.32. The molecule has 0 heterocycles. The van der Waals surface area contributed by atoms with E-state index in [2.05, 4.69) is 11.3 Å². The molecule has 0 aliphatic rings. The molecule has 0 aromatic heterocycles. The molecule has 0 saturated heterocycles. The zero-order valence-electron chi connectivity index (χ0n) is 7.23. The fourth-order valence-electron chi connectivity index (χ4n) is 0.645. The molecule has 3 N–H and O–H groups in total. The minimum Gasteiger partial charge on any atom is -0.481 e. The largest absolute Gasteiger partial charge is 0.481 e. The number of rotatable bonds is 6. The maximum absolute atomic E-state index is 10.9. The van der Waals surface area contributed by atoms with E-state index in [9.17, 15) is 9.59 Å². The lowest BCUT2D eigenvalue weighted by Crippen LogP contribution is -2.32. The lowest BCUT2D eigenvalue weighted by atomic mass is 10.2. The van der Waals surface area contributed by atoms with E-state index in [1.807, 2.05) is 0 Å². The van der Waals surface area contributed by atoms with Crippen LogP contribution in [0.1, 0.15) is 12.8 Å². The molecule has 0 aliphatic carbocycles. The maximum atomic E-state index is 10.9. The number of carboxylic acids is 1. The van der Waals surface area contributed by atoms with Gasteiger partial charge in [-0.25, -0.2) is 0 Å². The van der Waals surface area contributed by atoms with Crippen LogP contribution in [-0.4, -0.2) is 29.7 Å². The third kappa shape index (κ3) is 5.86. The van der Waals surface area contributed by atoms with Crippen molar-refractivity contribution in [3.8, 4) is 0 Å². The average Bonchev–Trinajstić information content (AvgIpc) is 2.10. The Labute approximate surface area is 76.2 Å². The maximum Gasteiger partial charge on any atom is 0.323 e. The summed E-state index contributed by atoms with van der Waals surface area (Å²) in [5, 5.41) is 8.30. The van der Waals surface area contributed by atoms with Gasteiger partial charge in [-0.3, -0.25) is 9.59 Å². The van der Waals surface area contributed by atoms with Gasteiger partial charge < -0.3 is 15.6 Å². The lowest BCUT2D eigenvalue weighted by Gasteiger charge is -2.08. The van der Waals surface area contributed by atoms with E-state index in [4.69, 9.17) is 10.8 Å². The summed E-state index contributed by atoms with van der Waals surface area (Å²) in [6, 6.07) is -0.865. The van der Waals surface area contributed by atoms with Crippen molar-refractivity contribution in [3.63, 3.8) is 0 Å². The molecule has 0 amide bonds. The van der Waals surface area contributed by atoms with Crippen molar-refractivity contribution < 1.29 is 19.4 Å². The summed E-state index contributed by atoms with van der Waals surface area (Å²) in [5.74, 6) is -1.58. The second-order valence-electron chi connectivity index (χ2n) is 2.46. The number of hydrogen-bond acceptors (Lipinski definition) is 4. The van der Waals surface area contributed by atoms with Gasteiger partial charge in [0, 0.05) is 6.42 Å². The van der Waals surface area contributed by atoms with E-state index in [0.29, 0.717) is 0 Å². The molecular weight excluding hydrogens is 174 g/mol. The highest BCUT2D eigenvalue weighted by atomic mass is 16.5. The molecule has 13 heavy (non-hydrogen) atoms. The van der Waals surface area contributed by atoms with Gasteiger partial charge >= 0.3 is 11.9 Å². The van der Waals surface area contributed by atoms with Crippen molar-refractivity contribution in [2.24, 2.45) is 5.73 Å². The Bertz CT molecular complexity index is 202. The van der Waals surface area contributed by atoms with E-state index in [1.165, 1.54) is 6.08 Å². The molecule has 0 spiro atoms. The number of carbonyl (C=O) groups is 2. The Morgan fingerprint density at radius 1 is 1.62 bits per heavy atom. The second-order valence-corrected chi connectivity index (χ2v) is 2.46. The Hall–Kier alpha value is -1.36. The highest BCUT2D eigenvalue weighted by Gasteiger charge is 2.15. The summed E-state index contributed by atoms with van der Waals surface area (Å²) in [5.41, 5.74) is 5.33. The van der Waals surface area contributed by atoms with E-state index >= 15 is 0 Å².